The number of hydrogen-bond donors (Lipinski definition) is 3. The van der Waals surface area contributed by atoms with Crippen LogP contribution in [0.1, 0.15) is 0 Å². The predicted octanol–water partition coefficient (Wildman–Crippen LogP) is -7.43. The smallest absolute Gasteiger partial charge is 1.00 e. The van der Waals surface area contributed by atoms with Gasteiger partial charge in [0.2, 0.25) is 0 Å². The molecule has 9 heteroatoms. The molecule has 0 aromatic rings. The monoisotopic (exact) mass is 190 g/mol. The van der Waals surface area contributed by atoms with Gasteiger partial charge in [0.05, 0.1) is 7.82 Å². The Morgan fingerprint density at radius 2 is 1.22 bits per heavy atom. The average Bonchev–Trinajstić information content (AvgIpc) is 0.722. The number of rotatable bonds is 0. The number of halogens is 1. The minimum atomic E-state index is -5.14. The molecule has 9 heavy (non-hydrogen) atoms. The van der Waals surface area contributed by atoms with Gasteiger partial charge in [-0.25, -0.2) is 0 Å². The number of quaternary nitrogens is 2. The Morgan fingerprint density at radius 3 is 1.22 bits per heavy atom. The van der Waals surface area contributed by atoms with Crippen molar-refractivity contribution in [3.8, 4) is 0 Å². The van der Waals surface area contributed by atoms with Crippen LogP contribution in [0, 0.1) is 0 Å². The minimum absolute atomic E-state index is 0. The summed E-state index contributed by atoms with van der Waals surface area (Å²) in [4.78, 5) is 24.3. The van der Waals surface area contributed by atoms with Gasteiger partial charge in [0.25, 0.3) is 0 Å². The Bertz CT molecular complexity index is 64.7. The molecule has 0 radical (unpaired) electrons. The van der Waals surface area contributed by atoms with Gasteiger partial charge in [-0.3, -0.25) is 0 Å². The Kier molecular flexibility index (Phi) is 42.4. The summed E-state index contributed by atoms with van der Waals surface area (Å²) >= 11 is 0. The van der Waals surface area contributed by atoms with Crippen LogP contribution < -0.4 is 64.1 Å². The molecule has 0 saturated carbocycles. The molecule has 0 saturated heterocycles. The van der Waals surface area contributed by atoms with Gasteiger partial charge in [0, 0.05) is 0 Å². The fourth-order valence-corrected chi connectivity index (χ4v) is 0. The van der Waals surface area contributed by atoms with Crippen LogP contribution in [0.25, 0.3) is 0 Å². The van der Waals surface area contributed by atoms with E-state index in [1.165, 1.54) is 0 Å². The fourth-order valence-electron chi connectivity index (χ4n) is 0. The van der Waals surface area contributed by atoms with Gasteiger partial charge in [0.1, 0.15) is 0 Å². The van der Waals surface area contributed by atoms with E-state index in [2.05, 4.69) is 0 Å². The third kappa shape index (κ3) is 287. The molecule has 0 amide bonds. The fraction of sp³-hybridized carbons (Fsp3) is 0. The molecule has 0 heterocycles. The maximum atomic E-state index is 8.66. The van der Waals surface area contributed by atoms with Gasteiger partial charge in [0.15, 0.2) is 0 Å². The van der Waals surface area contributed by atoms with Gasteiger partial charge in [-0.15, -0.1) is 0 Å². The predicted molar refractivity (Wildman–Crippen MR) is 21.8 cm³/mol. The van der Waals surface area contributed by atoms with Crippen LogP contribution in [0.4, 0.5) is 0 Å². The summed E-state index contributed by atoms with van der Waals surface area (Å²) in [6.45, 7) is 0. The van der Waals surface area contributed by atoms with Crippen LogP contribution in [0.5, 0.6) is 0 Å². The first-order chi connectivity index (χ1) is 2.00. The van der Waals surface area contributed by atoms with Crippen LogP contribution in [-0.2, 0) is 4.57 Å². The van der Waals surface area contributed by atoms with Crippen LogP contribution in [0.15, 0.2) is 0 Å². The Labute approximate surface area is 81.1 Å². The zero-order chi connectivity index (χ0) is 4.50. The van der Waals surface area contributed by atoms with Crippen molar-refractivity contribution < 1.29 is 61.2 Å². The standard InChI is InChI=1S/ClH.2H3N.Na.H3O4P/c;;;;1-5(2,3)4/h1H;2*1H3;;(H3,1,2,3,4)/q;;;+1;/p-1. The molecule has 0 aromatic heterocycles. The molecule has 0 aromatic carbocycles. The molecule has 0 aliphatic heterocycles. The minimum Gasteiger partial charge on any atom is -1.00 e. The summed E-state index contributed by atoms with van der Waals surface area (Å²) < 4.78 is 8.66. The molecule has 0 rings (SSSR count). The van der Waals surface area contributed by atoms with Crippen molar-refractivity contribution in [1.29, 1.82) is 0 Å². The summed E-state index contributed by atoms with van der Waals surface area (Å²) in [5.74, 6) is 0. The van der Waals surface area contributed by atoms with Crippen molar-refractivity contribution in [2.75, 3.05) is 0 Å². The van der Waals surface area contributed by atoms with Gasteiger partial charge < -0.3 is 44.0 Å². The van der Waals surface area contributed by atoms with E-state index in [4.69, 9.17) is 19.2 Å². The summed E-state index contributed by atoms with van der Waals surface area (Å²) in [5.41, 5.74) is 0. The van der Waals surface area contributed by atoms with Crippen LogP contribution in [0.3, 0.4) is 0 Å². The zero-order valence-electron chi connectivity index (χ0n) is 5.50. The molecule has 0 fully saturated rings. The van der Waals surface area contributed by atoms with Crippen molar-refractivity contribution in [1.82, 2.24) is 12.3 Å². The van der Waals surface area contributed by atoms with Crippen molar-refractivity contribution in [3.05, 3.63) is 0 Å². The van der Waals surface area contributed by atoms with Gasteiger partial charge in [-0.1, -0.05) is 0 Å². The summed E-state index contributed by atoms with van der Waals surface area (Å²) in [6.07, 6.45) is 0. The Balaban J connectivity index is -0.0000000133. The van der Waals surface area contributed by atoms with E-state index < -0.39 is 7.82 Å². The van der Waals surface area contributed by atoms with Crippen LogP contribution in [0.2, 0.25) is 0 Å². The van der Waals surface area contributed by atoms with E-state index in [1.807, 2.05) is 0 Å². The van der Waals surface area contributed by atoms with Crippen LogP contribution in [-0.4, -0.2) is 4.89 Å². The van der Waals surface area contributed by atoms with Gasteiger partial charge in [-0.2, -0.15) is 0 Å². The second kappa shape index (κ2) is 12.0. The van der Waals surface area contributed by atoms with Gasteiger partial charge in [-0.05, 0) is 0 Å². The Hall–Kier alpha value is 1.32. The summed E-state index contributed by atoms with van der Waals surface area (Å²) in [6, 6.07) is 0. The zero-order valence-corrected chi connectivity index (χ0v) is 9.15. The van der Waals surface area contributed by atoms with E-state index in [0.29, 0.717) is 0 Å². The third-order valence-electron chi connectivity index (χ3n) is 0. The Morgan fingerprint density at radius 1 is 1.22 bits per heavy atom. The summed E-state index contributed by atoms with van der Waals surface area (Å²) in [7, 11) is -5.14. The topological polar surface area (TPSA) is 156 Å². The molecule has 0 bridgehead atoms. The molecule has 0 aliphatic rings. The molecule has 0 unspecified atom stereocenters. The first-order valence-electron chi connectivity index (χ1n) is 0.748. The molecular formula is H9ClN2NaO4P. The third-order valence-corrected chi connectivity index (χ3v) is 0. The number of hydrogen-bond acceptors (Lipinski definition) is 3. The van der Waals surface area contributed by atoms with E-state index in [9.17, 15) is 0 Å². The summed E-state index contributed by atoms with van der Waals surface area (Å²) in [5, 5.41) is 0. The largest absolute Gasteiger partial charge is 1.00 e. The SMILES string of the molecule is O=P([O-])([O-])O.[Cl-].[NH4+].[NH4+].[Na+]. The average molecular weight is 190 g/mol. The van der Waals surface area contributed by atoms with E-state index in [1.54, 1.807) is 0 Å². The maximum absolute atomic E-state index is 8.66. The van der Waals surface area contributed by atoms with E-state index in [0.717, 1.165) is 0 Å². The first-order valence-corrected chi connectivity index (χ1v) is 2.24. The second-order valence-electron chi connectivity index (χ2n) is 0.469. The van der Waals surface area contributed by atoms with Crippen molar-refractivity contribution in [3.63, 3.8) is 0 Å². The maximum Gasteiger partial charge on any atom is 1.00 e. The van der Waals surface area contributed by atoms with Crippen molar-refractivity contribution >= 4 is 7.82 Å². The molecular weight excluding hydrogens is 181 g/mol. The quantitative estimate of drug-likeness (QED) is 0.256. The van der Waals surface area contributed by atoms with Crippen LogP contribution >= 0.6 is 7.82 Å². The van der Waals surface area contributed by atoms with Crippen molar-refractivity contribution in [2.45, 2.75) is 0 Å². The van der Waals surface area contributed by atoms with E-state index in [-0.39, 0.29) is 54.3 Å². The molecule has 56 valence electrons. The number of phosphoric acid groups is 1. The first kappa shape index (κ1) is 31.7. The van der Waals surface area contributed by atoms with Crippen molar-refractivity contribution in [2.24, 2.45) is 0 Å². The van der Waals surface area contributed by atoms with E-state index >= 15 is 0 Å². The molecule has 0 aliphatic carbocycles. The normalized spacial score (nSPS) is 6.56. The molecule has 0 atom stereocenters. The van der Waals surface area contributed by atoms with Gasteiger partial charge >= 0.3 is 29.6 Å². The molecule has 9 N–H and O–H groups in total. The molecule has 0 spiro atoms. The second-order valence-corrected chi connectivity index (χ2v) is 1.41. The molecule has 6 nitrogen and oxygen atoms in total.